The number of carbonyl (C=O) groups excluding carboxylic acids is 8. The van der Waals surface area contributed by atoms with Crippen LogP contribution in [0.2, 0.25) is 0 Å². The van der Waals surface area contributed by atoms with Crippen LogP contribution in [0.4, 0.5) is 17.1 Å². The molecule has 4 amide bonds. The molecule has 15 heteroatoms. The van der Waals surface area contributed by atoms with Crippen LogP contribution in [0.3, 0.4) is 0 Å². The molecule has 0 fully saturated rings. The van der Waals surface area contributed by atoms with Gasteiger partial charge in [0, 0.05) is 46.0 Å². The minimum Gasteiger partial charge on any atom is -0.457 e. The summed E-state index contributed by atoms with van der Waals surface area (Å²) in [6, 6.07) is 31.6. The molecular formula is C52H44N4O11. The van der Waals surface area contributed by atoms with Crippen LogP contribution in [0.1, 0.15) is 81.6 Å². The van der Waals surface area contributed by atoms with Crippen molar-refractivity contribution in [3.8, 4) is 11.5 Å². The molecule has 6 aromatic carbocycles. The van der Waals surface area contributed by atoms with Gasteiger partial charge in [0.1, 0.15) is 11.5 Å². The SMILES string of the molecule is C=C(C)C(=O)COC(=O)c1ccc(Oc2ccc(C(=O)OCC(=O)C(=C)C)c(C(=O)Nc3ccc(C(=O)Nc4cccc5c(NC(=O)c6ccc(C)cc6)cccc45)cc3)c2)cc1C(=O)NC. The summed E-state index contributed by atoms with van der Waals surface area (Å²) in [6.07, 6.45) is 0. The van der Waals surface area contributed by atoms with Gasteiger partial charge in [-0.3, -0.25) is 28.8 Å². The van der Waals surface area contributed by atoms with E-state index >= 15 is 0 Å². The molecule has 0 atom stereocenters. The van der Waals surface area contributed by atoms with Crippen LogP contribution < -0.4 is 26.0 Å². The van der Waals surface area contributed by atoms with E-state index in [4.69, 9.17) is 14.2 Å². The number of hydrogen-bond donors (Lipinski definition) is 4. The number of ether oxygens (including phenoxy) is 3. The Morgan fingerprint density at radius 1 is 0.493 bits per heavy atom. The van der Waals surface area contributed by atoms with Crippen molar-refractivity contribution < 1.29 is 52.6 Å². The van der Waals surface area contributed by atoms with E-state index in [9.17, 15) is 38.4 Å². The lowest BCUT2D eigenvalue weighted by molar-refractivity contribution is -0.119. The van der Waals surface area contributed by atoms with Gasteiger partial charge in [0.05, 0.1) is 22.3 Å². The summed E-state index contributed by atoms with van der Waals surface area (Å²) in [4.78, 5) is 104. The molecule has 0 aromatic heterocycles. The Hall–Kier alpha value is -8.98. The lowest BCUT2D eigenvalue weighted by Gasteiger charge is -2.14. The lowest BCUT2D eigenvalue weighted by atomic mass is 10.0. The highest BCUT2D eigenvalue weighted by atomic mass is 16.5. The van der Waals surface area contributed by atoms with Crippen molar-refractivity contribution in [3.63, 3.8) is 0 Å². The summed E-state index contributed by atoms with van der Waals surface area (Å²) in [5.41, 5.74) is 2.66. The molecular weight excluding hydrogens is 857 g/mol. The summed E-state index contributed by atoms with van der Waals surface area (Å²) in [7, 11) is 1.35. The Morgan fingerprint density at radius 3 is 1.36 bits per heavy atom. The number of aryl methyl sites for hydroxylation is 1. The number of carbonyl (C=O) groups is 8. The van der Waals surface area contributed by atoms with Crippen molar-refractivity contribution in [3.05, 3.63) is 185 Å². The molecule has 0 saturated carbocycles. The van der Waals surface area contributed by atoms with Crippen LogP contribution in [0.25, 0.3) is 10.8 Å². The van der Waals surface area contributed by atoms with Gasteiger partial charge < -0.3 is 35.5 Å². The van der Waals surface area contributed by atoms with Gasteiger partial charge in [0.25, 0.3) is 23.6 Å². The Morgan fingerprint density at radius 2 is 0.925 bits per heavy atom. The molecule has 6 aromatic rings. The first-order chi connectivity index (χ1) is 32.0. The number of nitrogens with one attached hydrogen (secondary N) is 4. The highest BCUT2D eigenvalue weighted by molar-refractivity contribution is 6.15. The van der Waals surface area contributed by atoms with Crippen molar-refractivity contribution in [2.75, 3.05) is 36.2 Å². The molecule has 0 aliphatic rings. The van der Waals surface area contributed by atoms with Crippen molar-refractivity contribution in [1.82, 2.24) is 5.32 Å². The number of Topliss-reactive ketones (excluding diaryl/α,β-unsaturated/α-hetero) is 2. The Balaban J connectivity index is 1.21. The zero-order valence-corrected chi connectivity index (χ0v) is 36.9. The van der Waals surface area contributed by atoms with Crippen LogP contribution >= 0.6 is 0 Å². The summed E-state index contributed by atoms with van der Waals surface area (Å²) < 4.78 is 16.3. The molecule has 0 bridgehead atoms. The average molecular weight is 901 g/mol. The van der Waals surface area contributed by atoms with Gasteiger partial charge in [-0.1, -0.05) is 55.1 Å². The van der Waals surface area contributed by atoms with Gasteiger partial charge in [-0.25, -0.2) is 9.59 Å². The second-order valence-corrected chi connectivity index (χ2v) is 15.2. The predicted molar refractivity (Wildman–Crippen MR) is 252 cm³/mol. The van der Waals surface area contributed by atoms with Crippen molar-refractivity contribution >= 4 is 75.0 Å². The molecule has 0 spiro atoms. The largest absolute Gasteiger partial charge is 0.457 e. The second kappa shape index (κ2) is 21.1. The zero-order chi connectivity index (χ0) is 48.4. The van der Waals surface area contributed by atoms with E-state index in [2.05, 4.69) is 34.4 Å². The van der Waals surface area contributed by atoms with E-state index in [0.29, 0.717) is 27.7 Å². The zero-order valence-electron chi connectivity index (χ0n) is 36.9. The van der Waals surface area contributed by atoms with Gasteiger partial charge in [-0.2, -0.15) is 0 Å². The fraction of sp³-hybridized carbons (Fsp3) is 0.115. The van der Waals surface area contributed by atoms with Crippen LogP contribution in [-0.2, 0) is 19.1 Å². The molecule has 0 saturated heterocycles. The van der Waals surface area contributed by atoms with E-state index in [1.54, 1.807) is 36.4 Å². The van der Waals surface area contributed by atoms with E-state index in [1.807, 2.05) is 31.2 Å². The fourth-order valence-electron chi connectivity index (χ4n) is 6.37. The molecule has 0 radical (unpaired) electrons. The molecule has 4 N–H and O–H groups in total. The molecule has 0 unspecified atom stereocenters. The van der Waals surface area contributed by atoms with E-state index in [-0.39, 0.29) is 62.1 Å². The first-order valence-corrected chi connectivity index (χ1v) is 20.5. The number of amides is 4. The van der Waals surface area contributed by atoms with Gasteiger partial charge in [-0.05, 0) is 117 Å². The molecule has 15 nitrogen and oxygen atoms in total. The van der Waals surface area contributed by atoms with Gasteiger partial charge in [0.15, 0.2) is 24.8 Å². The van der Waals surface area contributed by atoms with Crippen LogP contribution in [0.5, 0.6) is 11.5 Å². The molecule has 0 heterocycles. The third kappa shape index (κ3) is 11.8. The van der Waals surface area contributed by atoms with E-state index in [0.717, 1.165) is 5.56 Å². The summed E-state index contributed by atoms with van der Waals surface area (Å²) in [6.45, 7) is 10.7. The number of fused-ring (bicyclic) bond motifs is 1. The molecule has 0 aliphatic carbocycles. The number of rotatable bonds is 17. The molecule has 0 aliphatic heterocycles. The third-order valence-electron chi connectivity index (χ3n) is 10.1. The minimum absolute atomic E-state index is 0.0196. The van der Waals surface area contributed by atoms with Crippen LogP contribution in [0, 0.1) is 6.92 Å². The fourth-order valence-corrected chi connectivity index (χ4v) is 6.37. The molecule has 6 rings (SSSR count). The van der Waals surface area contributed by atoms with E-state index in [1.165, 1.54) is 81.6 Å². The van der Waals surface area contributed by atoms with Gasteiger partial charge >= 0.3 is 11.9 Å². The van der Waals surface area contributed by atoms with Crippen LogP contribution in [0.15, 0.2) is 146 Å². The van der Waals surface area contributed by atoms with Crippen molar-refractivity contribution in [1.29, 1.82) is 0 Å². The quantitative estimate of drug-likeness (QED) is 0.0502. The normalized spacial score (nSPS) is 10.5. The number of benzene rings is 6. The Labute approximate surface area is 384 Å². The maximum atomic E-state index is 13.9. The number of hydrogen-bond acceptors (Lipinski definition) is 11. The lowest BCUT2D eigenvalue weighted by Crippen LogP contribution is -2.23. The first kappa shape index (κ1) is 47.5. The molecule has 338 valence electrons. The van der Waals surface area contributed by atoms with Crippen LogP contribution in [-0.4, -0.2) is 67.4 Å². The Kier molecular flexibility index (Phi) is 15.0. The average Bonchev–Trinajstić information content (AvgIpc) is 3.32. The molecule has 67 heavy (non-hydrogen) atoms. The summed E-state index contributed by atoms with van der Waals surface area (Å²) in [5.74, 6) is -5.11. The van der Waals surface area contributed by atoms with E-state index < -0.39 is 54.4 Å². The van der Waals surface area contributed by atoms with Crippen molar-refractivity contribution in [2.45, 2.75) is 20.8 Å². The maximum Gasteiger partial charge on any atom is 0.339 e. The standard InChI is InChI=1S/C52H44N4O11/c1-29(2)45(57)27-65-51(63)39-23-21-35(25-41(39)49(61)53-6)67-36-22-24-40(52(64)66-28-46(58)30(3)4)42(26-36)50(62)54-34-19-17-33(18-20-34)48(60)56-44-12-8-9-37-38(44)10-7-11-43(37)55-47(59)32-15-13-31(5)14-16-32/h7-26H,1,3,27-28H2,2,4-6H3,(H,53,61)(H,54,62)(H,55,59)(H,56,60). The highest BCUT2D eigenvalue weighted by Gasteiger charge is 2.24. The second-order valence-electron chi connectivity index (χ2n) is 15.2. The minimum atomic E-state index is -0.998. The topological polar surface area (TPSA) is 212 Å². The number of anilines is 3. The number of ketones is 2. The Bertz CT molecular complexity index is 3010. The monoisotopic (exact) mass is 900 g/mol. The predicted octanol–water partition coefficient (Wildman–Crippen LogP) is 8.66. The van der Waals surface area contributed by atoms with Gasteiger partial charge in [-0.15, -0.1) is 0 Å². The first-order valence-electron chi connectivity index (χ1n) is 20.5. The number of esters is 2. The smallest absolute Gasteiger partial charge is 0.339 e. The summed E-state index contributed by atoms with van der Waals surface area (Å²) >= 11 is 0. The maximum absolute atomic E-state index is 13.9. The van der Waals surface area contributed by atoms with Gasteiger partial charge in [0.2, 0.25) is 0 Å². The third-order valence-corrected chi connectivity index (χ3v) is 10.1. The summed E-state index contributed by atoms with van der Waals surface area (Å²) in [5, 5.41) is 12.4. The highest BCUT2D eigenvalue weighted by Crippen LogP contribution is 2.31. The van der Waals surface area contributed by atoms with Crippen molar-refractivity contribution in [2.24, 2.45) is 0 Å².